The van der Waals surface area contributed by atoms with Crippen molar-refractivity contribution < 1.29 is 9.90 Å². The molecule has 1 aromatic carbocycles. The number of nitrogens with zero attached hydrogens (tertiary/aromatic N) is 2. The first kappa shape index (κ1) is 13.4. The van der Waals surface area contributed by atoms with E-state index < -0.39 is 12.0 Å². The number of benzene rings is 1. The lowest BCUT2D eigenvalue weighted by atomic mass is 10.2. The molecule has 0 aromatic heterocycles. The van der Waals surface area contributed by atoms with E-state index in [2.05, 4.69) is 26.1 Å². The van der Waals surface area contributed by atoms with Crippen LogP contribution in [0, 0.1) is 0 Å². The minimum atomic E-state index is -1.16. The second kappa shape index (κ2) is 5.10. The van der Waals surface area contributed by atoms with Crippen molar-refractivity contribution in [2.75, 3.05) is 21.1 Å². The van der Waals surface area contributed by atoms with Gasteiger partial charge >= 0.3 is 0 Å². The molecular formula is C13H18N2O2. The number of carboxylic acids is 1. The molecular weight excluding hydrogens is 216 g/mol. The van der Waals surface area contributed by atoms with E-state index in [1.807, 2.05) is 24.3 Å². The number of carboxylic acid groups (broad SMARTS) is 1. The topological polar surface area (TPSA) is 52.5 Å². The van der Waals surface area contributed by atoms with Gasteiger partial charge in [-0.25, -0.2) is 0 Å². The highest BCUT2D eigenvalue weighted by atomic mass is 16.4. The summed E-state index contributed by atoms with van der Waals surface area (Å²) in [6.45, 7) is 1.49. The van der Waals surface area contributed by atoms with Gasteiger partial charge in [-0.1, -0.05) is 0 Å². The van der Waals surface area contributed by atoms with E-state index in [-0.39, 0.29) is 0 Å². The lowest BCUT2D eigenvalue weighted by Gasteiger charge is -2.23. The SMILES string of the molecule is CC(N=Cc1ccc([N+](C)(C)C)cc1)C(=O)[O-]. The van der Waals surface area contributed by atoms with Gasteiger partial charge in [0.25, 0.3) is 0 Å². The van der Waals surface area contributed by atoms with Gasteiger partial charge < -0.3 is 9.90 Å². The van der Waals surface area contributed by atoms with Crippen LogP contribution in [-0.2, 0) is 4.79 Å². The predicted molar refractivity (Wildman–Crippen MR) is 68.1 cm³/mol. The Hall–Kier alpha value is -1.68. The number of rotatable bonds is 4. The summed E-state index contributed by atoms with van der Waals surface area (Å²) < 4.78 is 0.743. The summed E-state index contributed by atoms with van der Waals surface area (Å²) in [6, 6.07) is 7.04. The fourth-order valence-electron chi connectivity index (χ4n) is 1.27. The molecule has 1 unspecified atom stereocenters. The molecule has 1 atom stereocenters. The first-order valence-electron chi connectivity index (χ1n) is 5.47. The van der Waals surface area contributed by atoms with Crippen LogP contribution in [0.1, 0.15) is 12.5 Å². The second-order valence-corrected chi connectivity index (χ2v) is 4.88. The van der Waals surface area contributed by atoms with Crippen molar-refractivity contribution >= 4 is 17.9 Å². The average Bonchev–Trinajstić information content (AvgIpc) is 2.25. The van der Waals surface area contributed by atoms with Gasteiger partial charge in [0.2, 0.25) is 0 Å². The number of hydrogen-bond acceptors (Lipinski definition) is 3. The van der Waals surface area contributed by atoms with Crippen LogP contribution in [0.4, 0.5) is 5.69 Å². The van der Waals surface area contributed by atoms with Gasteiger partial charge in [-0.15, -0.1) is 0 Å². The van der Waals surface area contributed by atoms with Crippen molar-refractivity contribution in [1.82, 2.24) is 4.48 Å². The van der Waals surface area contributed by atoms with Crippen molar-refractivity contribution in [3.8, 4) is 0 Å². The van der Waals surface area contributed by atoms with Gasteiger partial charge in [0.05, 0.1) is 33.2 Å². The molecule has 0 aliphatic rings. The molecule has 4 nitrogen and oxygen atoms in total. The molecule has 0 saturated carbocycles. The molecule has 92 valence electrons. The standard InChI is InChI=1S/C13H18N2O2/c1-10(13(16)17)14-9-11-5-7-12(8-6-11)15(2,3)4/h5-10H,1-4H3. The van der Waals surface area contributed by atoms with Crippen LogP contribution in [0.15, 0.2) is 29.3 Å². The van der Waals surface area contributed by atoms with E-state index in [1.165, 1.54) is 12.6 Å². The second-order valence-electron chi connectivity index (χ2n) is 4.88. The Kier molecular flexibility index (Phi) is 4.02. The molecule has 0 heterocycles. The van der Waals surface area contributed by atoms with E-state index in [0.717, 1.165) is 10.0 Å². The van der Waals surface area contributed by atoms with Crippen LogP contribution in [0.3, 0.4) is 0 Å². The molecule has 0 saturated heterocycles. The lowest BCUT2D eigenvalue weighted by molar-refractivity contribution is -0.306. The zero-order chi connectivity index (χ0) is 13.1. The van der Waals surface area contributed by atoms with E-state index in [4.69, 9.17) is 0 Å². The summed E-state index contributed by atoms with van der Waals surface area (Å²) >= 11 is 0. The largest absolute Gasteiger partial charge is 0.548 e. The van der Waals surface area contributed by atoms with Gasteiger partial charge in [0, 0.05) is 6.21 Å². The molecule has 17 heavy (non-hydrogen) atoms. The third-order valence-corrected chi connectivity index (χ3v) is 2.46. The van der Waals surface area contributed by atoms with E-state index in [1.54, 1.807) is 6.21 Å². The Morgan fingerprint density at radius 3 is 2.24 bits per heavy atom. The zero-order valence-electron chi connectivity index (χ0n) is 10.7. The van der Waals surface area contributed by atoms with Gasteiger partial charge in [0.1, 0.15) is 5.69 Å². The molecule has 0 aliphatic heterocycles. The highest BCUT2D eigenvalue weighted by Gasteiger charge is 2.10. The summed E-state index contributed by atoms with van der Waals surface area (Å²) in [4.78, 5) is 14.4. The van der Waals surface area contributed by atoms with E-state index >= 15 is 0 Å². The fourth-order valence-corrected chi connectivity index (χ4v) is 1.27. The molecule has 0 aliphatic carbocycles. The number of carbonyl (C=O) groups excluding carboxylic acids is 1. The molecule has 1 rings (SSSR count). The first-order valence-corrected chi connectivity index (χ1v) is 5.47. The summed E-state index contributed by atoms with van der Waals surface area (Å²) in [5.41, 5.74) is 2.06. The minimum Gasteiger partial charge on any atom is -0.548 e. The quantitative estimate of drug-likeness (QED) is 0.560. The third kappa shape index (κ3) is 4.00. The molecule has 0 radical (unpaired) electrons. The van der Waals surface area contributed by atoms with Crippen LogP contribution in [-0.4, -0.2) is 39.4 Å². The van der Waals surface area contributed by atoms with Crippen LogP contribution in [0.25, 0.3) is 0 Å². The number of aliphatic imine (C=N–C) groups is 1. The molecule has 0 N–H and O–H groups in total. The Balaban J connectivity index is 2.79. The highest BCUT2D eigenvalue weighted by Crippen LogP contribution is 2.16. The maximum absolute atomic E-state index is 10.5. The Morgan fingerprint density at radius 1 is 1.29 bits per heavy atom. The van der Waals surface area contributed by atoms with Crippen LogP contribution < -0.4 is 9.59 Å². The van der Waals surface area contributed by atoms with Crippen molar-refractivity contribution in [1.29, 1.82) is 0 Å². The maximum atomic E-state index is 10.5. The van der Waals surface area contributed by atoms with Crippen molar-refractivity contribution in [3.63, 3.8) is 0 Å². The average molecular weight is 234 g/mol. The summed E-state index contributed by atoms with van der Waals surface area (Å²) in [7, 11) is 6.25. The highest BCUT2D eigenvalue weighted by molar-refractivity contribution is 5.83. The van der Waals surface area contributed by atoms with Crippen LogP contribution in [0.5, 0.6) is 0 Å². The van der Waals surface area contributed by atoms with Crippen molar-refractivity contribution in [2.45, 2.75) is 13.0 Å². The molecule has 0 spiro atoms. The maximum Gasteiger partial charge on any atom is 0.132 e. The molecule has 4 heteroatoms. The van der Waals surface area contributed by atoms with E-state index in [0.29, 0.717) is 0 Å². The molecule has 1 aromatic rings. The number of carbonyl (C=O) groups is 1. The van der Waals surface area contributed by atoms with Gasteiger partial charge in [0.15, 0.2) is 0 Å². The molecule has 0 fully saturated rings. The summed E-state index contributed by atoms with van der Waals surface area (Å²) in [5, 5.41) is 10.5. The minimum absolute atomic E-state index is 0.743. The number of hydrogen-bond donors (Lipinski definition) is 0. The summed E-state index contributed by atoms with van der Waals surface area (Å²) in [5.74, 6) is -1.16. The normalized spacial score (nSPS) is 13.9. The zero-order valence-corrected chi connectivity index (χ0v) is 10.7. The van der Waals surface area contributed by atoms with Crippen LogP contribution >= 0.6 is 0 Å². The van der Waals surface area contributed by atoms with E-state index in [9.17, 15) is 9.90 Å². The molecule has 0 amide bonds. The molecule has 0 bridgehead atoms. The van der Waals surface area contributed by atoms with Gasteiger partial charge in [-0.05, 0) is 36.8 Å². The summed E-state index contributed by atoms with van der Waals surface area (Å²) in [6.07, 6.45) is 1.56. The third-order valence-electron chi connectivity index (χ3n) is 2.46. The predicted octanol–water partition coefficient (Wildman–Crippen LogP) is 0.441. The Labute approximate surface area is 102 Å². The van der Waals surface area contributed by atoms with Crippen molar-refractivity contribution in [3.05, 3.63) is 29.8 Å². The number of aliphatic carboxylic acids is 1. The lowest BCUT2D eigenvalue weighted by Crippen LogP contribution is -2.34. The smallest absolute Gasteiger partial charge is 0.132 e. The Bertz CT molecular complexity index is 416. The van der Waals surface area contributed by atoms with Crippen molar-refractivity contribution in [2.24, 2.45) is 4.99 Å². The van der Waals surface area contributed by atoms with Gasteiger partial charge in [-0.3, -0.25) is 9.48 Å². The Morgan fingerprint density at radius 2 is 1.82 bits per heavy atom. The van der Waals surface area contributed by atoms with Crippen LogP contribution in [0.2, 0.25) is 0 Å². The first-order chi connectivity index (χ1) is 7.80. The monoisotopic (exact) mass is 234 g/mol. The number of quaternary nitrogens is 1. The van der Waals surface area contributed by atoms with Gasteiger partial charge in [-0.2, -0.15) is 0 Å². The fraction of sp³-hybridized carbons (Fsp3) is 0.385.